The molecule has 0 aliphatic heterocycles. The highest BCUT2D eigenvalue weighted by atomic mass is 16.5. The number of hydroxylamine groups is 1. The van der Waals surface area contributed by atoms with E-state index in [1.165, 1.54) is 5.48 Å². The summed E-state index contributed by atoms with van der Waals surface area (Å²) in [7, 11) is 0. The molecule has 0 aliphatic rings. The maximum absolute atomic E-state index is 13.7. The van der Waals surface area contributed by atoms with Crippen LogP contribution in [0, 0.1) is 5.92 Å². The van der Waals surface area contributed by atoms with Gasteiger partial charge in [0.2, 0.25) is 5.91 Å². The number of aromatic amines is 1. The van der Waals surface area contributed by atoms with Gasteiger partial charge < -0.3 is 15.4 Å². The number of para-hydroxylation sites is 1. The minimum Gasteiger partial charge on any atom is -0.382 e. The van der Waals surface area contributed by atoms with Crippen LogP contribution in [0.25, 0.3) is 10.9 Å². The fourth-order valence-electron chi connectivity index (χ4n) is 4.65. The van der Waals surface area contributed by atoms with Crippen molar-refractivity contribution in [2.24, 2.45) is 5.92 Å². The minimum atomic E-state index is -1.78. The van der Waals surface area contributed by atoms with Crippen LogP contribution in [0.1, 0.15) is 34.3 Å². The van der Waals surface area contributed by atoms with Crippen LogP contribution in [-0.4, -0.2) is 45.0 Å². The van der Waals surface area contributed by atoms with E-state index in [4.69, 9.17) is 5.21 Å². The molecule has 0 fully saturated rings. The molecule has 4 rings (SSSR count). The molecule has 3 atom stereocenters. The number of aryl methyl sites for hydroxylation is 1. The number of aliphatic hydroxyl groups is 1. The zero-order valence-corrected chi connectivity index (χ0v) is 20.8. The fourth-order valence-corrected chi connectivity index (χ4v) is 4.65. The summed E-state index contributed by atoms with van der Waals surface area (Å²) in [5.74, 6) is -3.17. The first-order chi connectivity index (χ1) is 18.5. The second-order valence-corrected chi connectivity index (χ2v) is 9.27. The van der Waals surface area contributed by atoms with Crippen LogP contribution < -0.4 is 10.8 Å². The average molecular weight is 514 g/mol. The third-order valence-electron chi connectivity index (χ3n) is 6.69. The lowest BCUT2D eigenvalue weighted by atomic mass is 9.91. The Morgan fingerprint density at radius 1 is 0.816 bits per heavy atom. The molecule has 0 radical (unpaired) electrons. The smallest absolute Gasteiger partial charge is 0.272 e. The summed E-state index contributed by atoms with van der Waals surface area (Å²) in [5.41, 5.74) is 4.57. The largest absolute Gasteiger partial charge is 0.382 e. The van der Waals surface area contributed by atoms with E-state index in [1.54, 1.807) is 6.20 Å². The Labute approximate surface area is 220 Å². The van der Waals surface area contributed by atoms with Crippen molar-refractivity contribution in [3.63, 3.8) is 0 Å². The zero-order chi connectivity index (χ0) is 26.9. The number of benzene rings is 3. The quantitative estimate of drug-likeness (QED) is 0.112. The average Bonchev–Trinajstić information content (AvgIpc) is 3.39. The summed E-state index contributed by atoms with van der Waals surface area (Å²) in [5, 5.41) is 23.2. The molecule has 1 aromatic heterocycles. The van der Waals surface area contributed by atoms with Crippen molar-refractivity contribution >= 4 is 28.5 Å². The number of aromatic nitrogens is 1. The molecule has 0 saturated heterocycles. The predicted molar refractivity (Wildman–Crippen MR) is 144 cm³/mol. The number of fused-ring (bicyclic) bond motifs is 1. The Bertz CT molecular complexity index is 1370. The highest BCUT2D eigenvalue weighted by Gasteiger charge is 2.34. The molecule has 0 saturated carbocycles. The van der Waals surface area contributed by atoms with E-state index in [0.29, 0.717) is 18.4 Å². The van der Waals surface area contributed by atoms with Gasteiger partial charge >= 0.3 is 0 Å². The second-order valence-electron chi connectivity index (χ2n) is 9.27. The molecule has 0 aliphatic carbocycles. The normalized spacial score (nSPS) is 13.4. The number of rotatable bonds is 12. The molecule has 2 amide bonds. The van der Waals surface area contributed by atoms with Crippen LogP contribution in [0.5, 0.6) is 0 Å². The summed E-state index contributed by atoms with van der Waals surface area (Å²) < 4.78 is 0. The van der Waals surface area contributed by atoms with Gasteiger partial charge in [0.25, 0.3) is 5.91 Å². The van der Waals surface area contributed by atoms with Gasteiger partial charge in [-0.2, -0.15) is 0 Å². The van der Waals surface area contributed by atoms with Gasteiger partial charge in [-0.3, -0.25) is 19.6 Å². The van der Waals surface area contributed by atoms with E-state index in [1.807, 2.05) is 84.9 Å². The molecule has 5 N–H and O–H groups in total. The maximum atomic E-state index is 13.7. The van der Waals surface area contributed by atoms with Gasteiger partial charge in [0.1, 0.15) is 6.10 Å². The Hall–Kier alpha value is -4.27. The number of ketones is 1. The molecule has 1 heterocycles. The van der Waals surface area contributed by atoms with Gasteiger partial charge in [0.05, 0.1) is 12.0 Å². The third kappa shape index (κ3) is 6.53. The zero-order valence-electron chi connectivity index (χ0n) is 20.8. The Morgan fingerprint density at radius 2 is 1.45 bits per heavy atom. The molecule has 8 nitrogen and oxygen atoms in total. The second kappa shape index (κ2) is 12.8. The topological polar surface area (TPSA) is 132 Å². The van der Waals surface area contributed by atoms with Gasteiger partial charge in [-0.25, -0.2) is 5.48 Å². The number of aliphatic hydroxyl groups excluding tert-OH is 1. The maximum Gasteiger partial charge on any atom is 0.272 e. The predicted octanol–water partition coefficient (Wildman–Crippen LogP) is 3.58. The van der Waals surface area contributed by atoms with Gasteiger partial charge in [0.15, 0.2) is 5.78 Å². The van der Waals surface area contributed by atoms with Crippen molar-refractivity contribution in [1.82, 2.24) is 15.8 Å². The van der Waals surface area contributed by atoms with Crippen molar-refractivity contribution in [2.75, 3.05) is 0 Å². The molecule has 3 aromatic carbocycles. The number of carbonyl (C=O) groups excluding carboxylic acids is 3. The van der Waals surface area contributed by atoms with Gasteiger partial charge in [-0.15, -0.1) is 0 Å². The summed E-state index contributed by atoms with van der Waals surface area (Å²) >= 11 is 0. The van der Waals surface area contributed by atoms with Crippen LogP contribution in [-0.2, 0) is 22.4 Å². The van der Waals surface area contributed by atoms with E-state index in [9.17, 15) is 19.5 Å². The number of hydrogen-bond acceptors (Lipinski definition) is 5. The lowest BCUT2D eigenvalue weighted by Gasteiger charge is -2.24. The Balaban J connectivity index is 1.57. The van der Waals surface area contributed by atoms with Crippen molar-refractivity contribution in [2.45, 2.75) is 37.8 Å². The summed E-state index contributed by atoms with van der Waals surface area (Å²) in [4.78, 5) is 42.4. The van der Waals surface area contributed by atoms with Crippen LogP contribution in [0.2, 0.25) is 0 Å². The molecule has 0 spiro atoms. The summed E-state index contributed by atoms with van der Waals surface area (Å²) in [6.45, 7) is 0. The van der Waals surface area contributed by atoms with Crippen molar-refractivity contribution in [3.8, 4) is 0 Å². The number of hydrogen-bond donors (Lipinski definition) is 5. The highest BCUT2D eigenvalue weighted by Crippen LogP contribution is 2.22. The molecule has 196 valence electrons. The molecule has 38 heavy (non-hydrogen) atoms. The van der Waals surface area contributed by atoms with Gasteiger partial charge in [-0.1, -0.05) is 78.9 Å². The van der Waals surface area contributed by atoms with E-state index in [0.717, 1.165) is 22.0 Å². The van der Waals surface area contributed by atoms with Gasteiger partial charge in [0, 0.05) is 29.1 Å². The fraction of sp³-hybridized carbons (Fsp3) is 0.233. The standard InChI is InChI=1S/C30H31N3O5/c34-27(24-19-31-25-17-8-7-15-22(24)25)26(18-21-12-5-2-6-13-21)32-29(36)23(28(35)30(37)33-38)16-9-14-20-10-3-1-4-11-20/h1-8,10-13,15,17,19,23,26,28,31,35,38H,9,14,16,18H2,(H,32,36)(H,33,37)/t23?,26-,28-/m0/s1. The lowest BCUT2D eigenvalue weighted by molar-refractivity contribution is -0.146. The molecule has 0 bridgehead atoms. The lowest BCUT2D eigenvalue weighted by Crippen LogP contribution is -2.50. The molecule has 1 unspecified atom stereocenters. The molecule has 4 aromatic rings. The molecular formula is C30H31N3O5. The third-order valence-corrected chi connectivity index (χ3v) is 6.69. The monoisotopic (exact) mass is 513 g/mol. The van der Waals surface area contributed by atoms with Crippen molar-refractivity contribution in [3.05, 3.63) is 108 Å². The van der Waals surface area contributed by atoms with Crippen LogP contribution in [0.3, 0.4) is 0 Å². The first kappa shape index (κ1) is 26.8. The number of carbonyl (C=O) groups is 3. The highest BCUT2D eigenvalue weighted by molar-refractivity contribution is 6.11. The van der Waals surface area contributed by atoms with Crippen molar-refractivity contribution in [1.29, 1.82) is 0 Å². The van der Waals surface area contributed by atoms with E-state index in [-0.39, 0.29) is 18.6 Å². The van der Waals surface area contributed by atoms with E-state index < -0.39 is 29.9 Å². The van der Waals surface area contributed by atoms with Gasteiger partial charge in [-0.05, 0) is 36.5 Å². The van der Waals surface area contributed by atoms with Crippen LogP contribution in [0.15, 0.2) is 91.1 Å². The Kier molecular flexibility index (Phi) is 9.02. The molecule has 8 heteroatoms. The van der Waals surface area contributed by atoms with Crippen LogP contribution in [0.4, 0.5) is 0 Å². The summed E-state index contributed by atoms with van der Waals surface area (Å²) in [6.07, 6.45) is 1.40. The summed E-state index contributed by atoms with van der Waals surface area (Å²) in [6, 6.07) is 25.4. The minimum absolute atomic E-state index is 0.175. The Morgan fingerprint density at radius 3 is 2.13 bits per heavy atom. The first-order valence-corrected chi connectivity index (χ1v) is 12.6. The van der Waals surface area contributed by atoms with E-state index in [2.05, 4.69) is 10.3 Å². The van der Waals surface area contributed by atoms with E-state index >= 15 is 0 Å². The number of H-pyrrole nitrogens is 1. The van der Waals surface area contributed by atoms with Crippen molar-refractivity contribution < 1.29 is 24.7 Å². The first-order valence-electron chi connectivity index (χ1n) is 12.6. The number of Topliss-reactive ketones (excluding diaryl/α,β-unsaturated/α-hetero) is 1. The molecular weight excluding hydrogens is 482 g/mol. The van der Waals surface area contributed by atoms with Crippen LogP contribution >= 0.6 is 0 Å². The number of amides is 2. The number of nitrogens with one attached hydrogen (secondary N) is 3. The SMILES string of the molecule is O=C(N[C@@H](Cc1ccccc1)C(=O)c1c[nH]c2ccccc12)C(CCCc1ccccc1)[C@H](O)C(=O)NO.